The normalized spacial score (nSPS) is 11.6. The van der Waals surface area contributed by atoms with Crippen molar-refractivity contribution in [2.75, 3.05) is 10.5 Å². The number of sulfonamides is 1. The zero-order chi connectivity index (χ0) is 14.2. The lowest BCUT2D eigenvalue weighted by Crippen LogP contribution is -2.11. The van der Waals surface area contributed by atoms with Crippen LogP contribution >= 0.6 is 11.3 Å². The highest BCUT2D eigenvalue weighted by Crippen LogP contribution is 2.27. The lowest BCUT2D eigenvalue weighted by Gasteiger charge is -2.08. The molecular weight excluding hydrogens is 294 g/mol. The fraction of sp³-hybridized carbons (Fsp3) is 0. The summed E-state index contributed by atoms with van der Waals surface area (Å²) in [5, 5.41) is 2.35. The molecule has 0 bridgehead atoms. The van der Waals surface area contributed by atoms with Gasteiger partial charge in [-0.15, -0.1) is 11.3 Å². The molecule has 0 aliphatic heterocycles. The highest BCUT2D eigenvalue weighted by molar-refractivity contribution is 7.94. The van der Waals surface area contributed by atoms with Crippen LogP contribution in [0.25, 0.3) is 10.9 Å². The minimum atomic E-state index is -3.62. The molecule has 2 heterocycles. The Hall–Kier alpha value is -2.12. The number of thiophene rings is 1. The van der Waals surface area contributed by atoms with E-state index in [2.05, 4.69) is 9.71 Å². The summed E-state index contributed by atoms with van der Waals surface area (Å²) in [6.07, 6.45) is 1.67. The number of anilines is 2. The Kier molecular flexibility index (Phi) is 3.07. The molecule has 0 amide bonds. The van der Waals surface area contributed by atoms with Gasteiger partial charge in [0.15, 0.2) is 0 Å². The molecule has 0 saturated heterocycles. The lowest BCUT2D eigenvalue weighted by molar-refractivity contribution is 0.603. The van der Waals surface area contributed by atoms with E-state index in [1.807, 2.05) is 12.1 Å². The molecule has 1 aromatic carbocycles. The molecule has 5 nitrogen and oxygen atoms in total. The Labute approximate surface area is 120 Å². The Morgan fingerprint density at radius 1 is 1.20 bits per heavy atom. The number of fused-ring (bicyclic) bond motifs is 1. The van der Waals surface area contributed by atoms with E-state index >= 15 is 0 Å². The molecule has 2 aromatic heterocycles. The van der Waals surface area contributed by atoms with Crippen LogP contribution in [0.4, 0.5) is 11.4 Å². The van der Waals surface area contributed by atoms with E-state index in [1.165, 1.54) is 6.07 Å². The maximum Gasteiger partial charge on any atom is 0.271 e. The third-order valence-corrected chi connectivity index (χ3v) is 5.57. The van der Waals surface area contributed by atoms with E-state index in [0.717, 1.165) is 22.2 Å². The van der Waals surface area contributed by atoms with Crippen molar-refractivity contribution >= 4 is 43.6 Å². The summed E-state index contributed by atoms with van der Waals surface area (Å²) >= 11 is 1.09. The third-order valence-electron chi connectivity index (χ3n) is 2.75. The number of rotatable bonds is 3. The minimum Gasteiger partial charge on any atom is -0.398 e. The Balaban J connectivity index is 2.05. The minimum absolute atomic E-state index is 0.191. The van der Waals surface area contributed by atoms with Crippen molar-refractivity contribution < 1.29 is 8.42 Å². The van der Waals surface area contributed by atoms with Crippen molar-refractivity contribution in [1.29, 1.82) is 0 Å². The summed E-state index contributed by atoms with van der Waals surface area (Å²) in [5.74, 6) is 0. The van der Waals surface area contributed by atoms with Gasteiger partial charge in [0.25, 0.3) is 10.0 Å². The quantitative estimate of drug-likeness (QED) is 0.779. The van der Waals surface area contributed by atoms with Gasteiger partial charge >= 0.3 is 0 Å². The number of hydrogen-bond acceptors (Lipinski definition) is 5. The topological polar surface area (TPSA) is 85.1 Å². The van der Waals surface area contributed by atoms with Crippen LogP contribution in [0.2, 0.25) is 0 Å². The summed E-state index contributed by atoms with van der Waals surface area (Å²) in [5.41, 5.74) is 7.24. The average molecular weight is 305 g/mol. The largest absolute Gasteiger partial charge is 0.398 e. The molecule has 0 radical (unpaired) electrons. The van der Waals surface area contributed by atoms with Gasteiger partial charge in [-0.1, -0.05) is 6.07 Å². The van der Waals surface area contributed by atoms with Crippen molar-refractivity contribution in [3.05, 3.63) is 48.0 Å². The first-order valence-corrected chi connectivity index (χ1v) is 8.13. The monoisotopic (exact) mass is 305 g/mol. The van der Waals surface area contributed by atoms with E-state index in [1.54, 1.807) is 29.8 Å². The molecule has 3 N–H and O–H groups in total. The van der Waals surface area contributed by atoms with Crippen molar-refractivity contribution in [2.45, 2.75) is 4.21 Å². The lowest BCUT2D eigenvalue weighted by atomic mass is 10.2. The highest BCUT2D eigenvalue weighted by atomic mass is 32.2. The first kappa shape index (κ1) is 12.9. The average Bonchev–Trinajstić information content (AvgIpc) is 2.86. The van der Waals surface area contributed by atoms with Gasteiger partial charge in [0.1, 0.15) is 4.21 Å². The Morgan fingerprint density at radius 3 is 2.80 bits per heavy atom. The standard InChI is InChI=1S/C13H11N3O2S2/c14-9-7-13(19-8-9)20(17,18)16-12-5-1-4-11-10(12)3-2-6-15-11/h1-8,16H,14H2. The number of nitrogen functional groups attached to an aromatic ring is 1. The highest BCUT2D eigenvalue weighted by Gasteiger charge is 2.17. The van der Waals surface area contributed by atoms with Gasteiger partial charge in [0.05, 0.1) is 11.2 Å². The fourth-order valence-corrected chi connectivity index (χ4v) is 4.02. The zero-order valence-electron chi connectivity index (χ0n) is 10.3. The number of aromatic nitrogens is 1. The molecule has 0 spiro atoms. The van der Waals surface area contributed by atoms with Crippen LogP contribution in [0, 0.1) is 0 Å². The van der Waals surface area contributed by atoms with Crippen LogP contribution in [0.15, 0.2) is 52.2 Å². The fourth-order valence-electron chi connectivity index (χ4n) is 1.86. The number of nitrogens with one attached hydrogen (secondary N) is 1. The zero-order valence-corrected chi connectivity index (χ0v) is 11.9. The number of benzene rings is 1. The smallest absolute Gasteiger partial charge is 0.271 e. The van der Waals surface area contributed by atoms with E-state index < -0.39 is 10.0 Å². The molecule has 3 aromatic rings. The maximum absolute atomic E-state index is 12.3. The van der Waals surface area contributed by atoms with Crippen molar-refractivity contribution in [3.8, 4) is 0 Å². The summed E-state index contributed by atoms with van der Waals surface area (Å²) in [6.45, 7) is 0. The van der Waals surface area contributed by atoms with Gasteiger partial charge < -0.3 is 5.73 Å². The summed E-state index contributed by atoms with van der Waals surface area (Å²) in [4.78, 5) is 4.20. The first-order chi connectivity index (χ1) is 9.56. The molecule has 102 valence electrons. The molecule has 0 fully saturated rings. The van der Waals surface area contributed by atoms with Gasteiger partial charge in [-0.05, 0) is 30.3 Å². The van der Waals surface area contributed by atoms with Crippen molar-refractivity contribution in [2.24, 2.45) is 0 Å². The van der Waals surface area contributed by atoms with Crippen molar-refractivity contribution in [3.63, 3.8) is 0 Å². The summed E-state index contributed by atoms with van der Waals surface area (Å²) in [6, 6.07) is 10.3. The van der Waals surface area contributed by atoms with Crippen molar-refractivity contribution in [1.82, 2.24) is 4.98 Å². The van der Waals surface area contributed by atoms with Crippen LogP contribution < -0.4 is 10.5 Å². The molecular formula is C13H11N3O2S2. The predicted octanol–water partition coefficient (Wildman–Crippen LogP) is 2.68. The molecule has 0 atom stereocenters. The molecule has 0 unspecified atom stereocenters. The van der Waals surface area contributed by atoms with E-state index in [0.29, 0.717) is 11.4 Å². The van der Waals surface area contributed by atoms with Crippen LogP contribution in [0.3, 0.4) is 0 Å². The first-order valence-electron chi connectivity index (χ1n) is 5.77. The second-order valence-electron chi connectivity index (χ2n) is 4.18. The van der Waals surface area contributed by atoms with Gasteiger partial charge in [-0.2, -0.15) is 0 Å². The molecule has 0 aliphatic carbocycles. The second kappa shape index (κ2) is 4.77. The van der Waals surface area contributed by atoms with Gasteiger partial charge in [0, 0.05) is 22.7 Å². The second-order valence-corrected chi connectivity index (χ2v) is 7.00. The molecule has 20 heavy (non-hydrogen) atoms. The number of nitrogens with two attached hydrogens (primary N) is 1. The van der Waals surface area contributed by atoms with Crippen LogP contribution in [0.5, 0.6) is 0 Å². The van der Waals surface area contributed by atoms with Crippen LogP contribution in [-0.2, 0) is 10.0 Å². The van der Waals surface area contributed by atoms with Gasteiger partial charge in [0.2, 0.25) is 0 Å². The number of pyridine rings is 1. The van der Waals surface area contributed by atoms with Crippen LogP contribution in [0.1, 0.15) is 0 Å². The SMILES string of the molecule is Nc1csc(S(=O)(=O)Nc2cccc3ncccc23)c1. The molecule has 0 saturated carbocycles. The number of hydrogen-bond donors (Lipinski definition) is 2. The Morgan fingerprint density at radius 2 is 2.05 bits per heavy atom. The summed E-state index contributed by atoms with van der Waals surface area (Å²) in [7, 11) is -3.62. The maximum atomic E-state index is 12.3. The summed E-state index contributed by atoms with van der Waals surface area (Å²) < 4.78 is 27.3. The van der Waals surface area contributed by atoms with E-state index in [-0.39, 0.29) is 4.21 Å². The van der Waals surface area contributed by atoms with Gasteiger partial charge in [-0.3, -0.25) is 9.71 Å². The predicted molar refractivity (Wildman–Crippen MR) is 81.3 cm³/mol. The van der Waals surface area contributed by atoms with Gasteiger partial charge in [-0.25, -0.2) is 8.42 Å². The Bertz CT molecular complexity index is 867. The number of nitrogens with zero attached hydrogens (tertiary/aromatic N) is 1. The molecule has 0 aliphatic rings. The third kappa shape index (κ3) is 2.33. The molecule has 7 heteroatoms. The van der Waals surface area contributed by atoms with Crippen LogP contribution in [-0.4, -0.2) is 13.4 Å². The molecule has 3 rings (SSSR count). The van der Waals surface area contributed by atoms with E-state index in [9.17, 15) is 8.42 Å². The van der Waals surface area contributed by atoms with E-state index in [4.69, 9.17) is 5.73 Å².